The van der Waals surface area contributed by atoms with Crippen LogP contribution in [-0.2, 0) is 4.79 Å². The third-order valence-corrected chi connectivity index (χ3v) is 3.82. The topological polar surface area (TPSA) is 79.8 Å². The number of hydrogen-bond acceptors (Lipinski definition) is 4. The summed E-state index contributed by atoms with van der Waals surface area (Å²) >= 11 is 0. The maximum Gasteiger partial charge on any atom is 0.271 e. The second-order valence-electron chi connectivity index (χ2n) is 5.75. The van der Waals surface area contributed by atoms with E-state index in [4.69, 9.17) is 4.74 Å². The summed E-state index contributed by atoms with van der Waals surface area (Å²) in [6.07, 6.45) is 4.64. The van der Waals surface area contributed by atoms with Crippen molar-refractivity contribution in [2.24, 2.45) is 5.10 Å². The Morgan fingerprint density at radius 2 is 2.04 bits per heavy atom. The van der Waals surface area contributed by atoms with Gasteiger partial charge >= 0.3 is 0 Å². The first-order valence-electron chi connectivity index (χ1n) is 7.85. The Morgan fingerprint density at radius 1 is 1.30 bits per heavy atom. The fourth-order valence-corrected chi connectivity index (χ4v) is 2.60. The highest BCUT2D eigenvalue weighted by Gasteiger charge is 2.17. The van der Waals surface area contributed by atoms with E-state index < -0.39 is 0 Å². The first-order chi connectivity index (χ1) is 11.1. The Morgan fingerprint density at radius 3 is 2.74 bits per heavy atom. The molecule has 0 radical (unpaired) electrons. The molecule has 0 heterocycles. The number of hydrogen-bond donors (Lipinski definition) is 2. The Kier molecular flexibility index (Phi) is 6.14. The zero-order valence-corrected chi connectivity index (χ0v) is 13.6. The summed E-state index contributed by atoms with van der Waals surface area (Å²) in [6, 6.07) is 7.10. The summed E-state index contributed by atoms with van der Waals surface area (Å²) in [5.74, 6) is 0.225. The molecule has 0 saturated heterocycles. The molecular formula is C17H23N3O3. The summed E-state index contributed by atoms with van der Waals surface area (Å²) < 4.78 is 5.08. The molecule has 0 atom stereocenters. The average Bonchev–Trinajstić information content (AvgIpc) is 3.05. The molecule has 0 aliphatic heterocycles. The van der Waals surface area contributed by atoms with Crippen LogP contribution in [0.1, 0.15) is 49.4 Å². The Bertz CT molecular complexity index is 593. The van der Waals surface area contributed by atoms with Gasteiger partial charge < -0.3 is 10.1 Å². The Balaban J connectivity index is 1.83. The fourth-order valence-electron chi connectivity index (χ4n) is 2.60. The van der Waals surface area contributed by atoms with Crippen molar-refractivity contribution in [2.75, 3.05) is 7.11 Å². The quantitative estimate of drug-likeness (QED) is 0.624. The molecule has 2 rings (SSSR count). The number of methoxy groups -OCH3 is 1. The van der Waals surface area contributed by atoms with E-state index in [9.17, 15) is 9.59 Å². The minimum Gasteiger partial charge on any atom is -0.497 e. The van der Waals surface area contributed by atoms with E-state index in [1.165, 1.54) is 12.8 Å². The van der Waals surface area contributed by atoms with E-state index in [0.717, 1.165) is 12.8 Å². The second kappa shape index (κ2) is 8.31. The number of nitrogens with zero attached hydrogens (tertiary/aromatic N) is 1. The molecule has 0 spiro atoms. The minimum absolute atomic E-state index is 0.0474. The van der Waals surface area contributed by atoms with Crippen LogP contribution in [0.4, 0.5) is 0 Å². The maximum atomic E-state index is 12.0. The molecule has 0 aromatic heterocycles. The van der Waals surface area contributed by atoms with E-state index in [-0.39, 0.29) is 18.2 Å². The summed E-state index contributed by atoms with van der Waals surface area (Å²) in [5, 5.41) is 6.98. The molecule has 23 heavy (non-hydrogen) atoms. The van der Waals surface area contributed by atoms with Gasteiger partial charge in [0, 0.05) is 17.3 Å². The van der Waals surface area contributed by atoms with Gasteiger partial charge in [0.1, 0.15) is 5.75 Å². The van der Waals surface area contributed by atoms with Crippen LogP contribution >= 0.6 is 0 Å². The van der Waals surface area contributed by atoms with Gasteiger partial charge in [0.2, 0.25) is 5.91 Å². The van der Waals surface area contributed by atoms with Gasteiger partial charge in [0.25, 0.3) is 5.91 Å². The smallest absolute Gasteiger partial charge is 0.271 e. The molecular weight excluding hydrogens is 294 g/mol. The van der Waals surface area contributed by atoms with Crippen molar-refractivity contribution >= 4 is 17.5 Å². The molecule has 0 unspecified atom stereocenters. The SMILES string of the molecule is COc1cccc(C(=O)N/N=C(\C)CC(=O)NC2CCCC2)c1. The maximum absolute atomic E-state index is 12.0. The van der Waals surface area contributed by atoms with Crippen molar-refractivity contribution in [3.05, 3.63) is 29.8 Å². The highest BCUT2D eigenvalue weighted by atomic mass is 16.5. The molecule has 6 nitrogen and oxygen atoms in total. The lowest BCUT2D eigenvalue weighted by atomic mass is 10.2. The van der Waals surface area contributed by atoms with E-state index in [1.807, 2.05) is 0 Å². The van der Waals surface area contributed by atoms with E-state index in [0.29, 0.717) is 23.1 Å². The summed E-state index contributed by atoms with van der Waals surface area (Å²) in [4.78, 5) is 23.9. The lowest BCUT2D eigenvalue weighted by Gasteiger charge is -2.11. The van der Waals surface area contributed by atoms with Gasteiger partial charge in [-0.25, -0.2) is 5.43 Å². The summed E-state index contributed by atoms with van der Waals surface area (Å²) in [5.41, 5.74) is 3.48. The number of ether oxygens (including phenoxy) is 1. The van der Waals surface area contributed by atoms with Crippen LogP contribution in [0.2, 0.25) is 0 Å². The zero-order valence-electron chi connectivity index (χ0n) is 13.6. The number of hydrazone groups is 1. The van der Waals surface area contributed by atoms with Crippen LogP contribution in [-0.4, -0.2) is 30.7 Å². The van der Waals surface area contributed by atoms with E-state index in [2.05, 4.69) is 15.8 Å². The van der Waals surface area contributed by atoms with Gasteiger partial charge in [-0.05, 0) is 38.0 Å². The largest absolute Gasteiger partial charge is 0.497 e. The number of carbonyl (C=O) groups excluding carboxylic acids is 2. The van der Waals surface area contributed by atoms with Crippen LogP contribution < -0.4 is 15.5 Å². The lowest BCUT2D eigenvalue weighted by Crippen LogP contribution is -2.33. The number of rotatable bonds is 6. The van der Waals surface area contributed by atoms with Gasteiger partial charge in [-0.3, -0.25) is 9.59 Å². The van der Waals surface area contributed by atoms with Crippen molar-refractivity contribution in [1.82, 2.24) is 10.7 Å². The molecule has 1 saturated carbocycles. The van der Waals surface area contributed by atoms with Gasteiger partial charge in [-0.2, -0.15) is 5.10 Å². The highest BCUT2D eigenvalue weighted by Crippen LogP contribution is 2.17. The van der Waals surface area contributed by atoms with Gasteiger partial charge in [0.15, 0.2) is 0 Å². The Labute approximate surface area is 136 Å². The molecule has 6 heteroatoms. The predicted molar refractivity (Wildman–Crippen MR) is 88.6 cm³/mol. The van der Waals surface area contributed by atoms with Crippen LogP contribution in [0.3, 0.4) is 0 Å². The monoisotopic (exact) mass is 317 g/mol. The van der Waals surface area contributed by atoms with Crippen molar-refractivity contribution in [2.45, 2.75) is 45.1 Å². The first-order valence-corrected chi connectivity index (χ1v) is 7.85. The normalized spacial score (nSPS) is 15.3. The molecule has 1 aliphatic carbocycles. The molecule has 0 bridgehead atoms. The summed E-state index contributed by atoms with van der Waals surface area (Å²) in [7, 11) is 1.54. The summed E-state index contributed by atoms with van der Waals surface area (Å²) in [6.45, 7) is 1.72. The molecule has 2 amide bonds. The van der Waals surface area contributed by atoms with Gasteiger partial charge in [0.05, 0.1) is 13.5 Å². The second-order valence-corrected chi connectivity index (χ2v) is 5.75. The molecule has 124 valence electrons. The Hall–Kier alpha value is -2.37. The minimum atomic E-state index is -0.334. The highest BCUT2D eigenvalue weighted by molar-refractivity contribution is 6.01. The van der Waals surface area contributed by atoms with Crippen LogP contribution in [0.25, 0.3) is 0 Å². The van der Waals surface area contributed by atoms with E-state index >= 15 is 0 Å². The average molecular weight is 317 g/mol. The van der Waals surface area contributed by atoms with Crippen LogP contribution in [0, 0.1) is 0 Å². The number of benzene rings is 1. The molecule has 1 aromatic rings. The lowest BCUT2D eigenvalue weighted by molar-refractivity contribution is -0.120. The van der Waals surface area contributed by atoms with Gasteiger partial charge in [-0.1, -0.05) is 18.9 Å². The first kappa shape index (κ1) is 17.0. The van der Waals surface area contributed by atoms with Crippen molar-refractivity contribution < 1.29 is 14.3 Å². The molecule has 1 fully saturated rings. The number of amides is 2. The van der Waals surface area contributed by atoms with Crippen molar-refractivity contribution in [1.29, 1.82) is 0 Å². The van der Waals surface area contributed by atoms with Crippen molar-refractivity contribution in [3.63, 3.8) is 0 Å². The van der Waals surface area contributed by atoms with Crippen LogP contribution in [0.15, 0.2) is 29.4 Å². The zero-order chi connectivity index (χ0) is 16.7. The molecule has 1 aliphatic rings. The fraction of sp³-hybridized carbons (Fsp3) is 0.471. The molecule has 1 aromatic carbocycles. The predicted octanol–water partition coefficient (Wildman–Crippen LogP) is 2.25. The van der Waals surface area contributed by atoms with Crippen LogP contribution in [0.5, 0.6) is 5.75 Å². The molecule has 2 N–H and O–H groups in total. The number of nitrogens with one attached hydrogen (secondary N) is 2. The van der Waals surface area contributed by atoms with Crippen molar-refractivity contribution in [3.8, 4) is 5.75 Å². The third-order valence-electron chi connectivity index (χ3n) is 3.82. The van der Waals surface area contributed by atoms with E-state index in [1.54, 1.807) is 38.3 Å². The van der Waals surface area contributed by atoms with Gasteiger partial charge in [-0.15, -0.1) is 0 Å². The standard InChI is InChI=1S/C17H23N3O3/c1-12(10-16(21)18-14-7-3-4-8-14)19-20-17(22)13-6-5-9-15(11-13)23-2/h5-6,9,11,14H,3-4,7-8,10H2,1-2H3,(H,18,21)(H,20,22)/b19-12+. The third kappa shape index (κ3) is 5.39. The number of carbonyl (C=O) groups is 2.